The standard InChI is InChI=1S/C6H12O9S/c7-1-2(8)4(10)6(12,16(13,14)15)5(11)3(1)9/h1-5,7-12H,(H,13,14,15)/t1-,2-,3+,4-,5-,6+/m1/s1. The molecule has 0 aromatic carbocycles. The lowest BCUT2D eigenvalue weighted by atomic mass is 9.84. The van der Waals surface area contributed by atoms with Crippen molar-refractivity contribution in [2.75, 3.05) is 0 Å². The summed E-state index contributed by atoms with van der Waals surface area (Å²) in [6.07, 6.45) is -11.7. The Balaban J connectivity index is 3.29. The molecule has 96 valence electrons. The van der Waals surface area contributed by atoms with Crippen LogP contribution in [0, 0.1) is 0 Å². The van der Waals surface area contributed by atoms with Crippen LogP contribution in [0.15, 0.2) is 0 Å². The lowest BCUT2D eigenvalue weighted by molar-refractivity contribution is -0.239. The molecule has 6 atom stereocenters. The highest BCUT2D eigenvalue weighted by Crippen LogP contribution is 2.33. The van der Waals surface area contributed by atoms with Gasteiger partial charge in [0.15, 0.2) is 0 Å². The molecule has 0 heterocycles. The molecule has 0 aromatic heterocycles. The quantitative estimate of drug-likeness (QED) is 0.228. The third kappa shape index (κ3) is 1.63. The van der Waals surface area contributed by atoms with Gasteiger partial charge in [-0.25, -0.2) is 0 Å². The zero-order chi connectivity index (χ0) is 12.9. The summed E-state index contributed by atoms with van der Waals surface area (Å²) in [4.78, 5) is -3.56. The molecule has 1 saturated carbocycles. The molecule has 7 N–H and O–H groups in total. The van der Waals surface area contributed by atoms with Gasteiger partial charge in [0.1, 0.15) is 30.5 Å². The third-order valence-corrected chi connectivity index (χ3v) is 3.92. The smallest absolute Gasteiger partial charge is 0.300 e. The summed E-state index contributed by atoms with van der Waals surface area (Å²) in [6.45, 7) is 0. The topological polar surface area (TPSA) is 176 Å². The Labute approximate surface area is 90.0 Å². The van der Waals surface area contributed by atoms with Crippen molar-refractivity contribution in [3.05, 3.63) is 0 Å². The average Bonchev–Trinajstić information content (AvgIpc) is 2.19. The predicted molar refractivity (Wildman–Crippen MR) is 46.5 cm³/mol. The van der Waals surface area contributed by atoms with Crippen LogP contribution in [0.25, 0.3) is 0 Å². The second-order valence-electron chi connectivity index (χ2n) is 3.59. The summed E-state index contributed by atoms with van der Waals surface area (Å²) in [5.41, 5.74) is 0. The molecule has 16 heavy (non-hydrogen) atoms. The lowest BCUT2D eigenvalue weighted by Gasteiger charge is -2.45. The zero-order valence-corrected chi connectivity index (χ0v) is 8.56. The summed E-state index contributed by atoms with van der Waals surface area (Å²) in [5, 5.41) is 55.2. The van der Waals surface area contributed by atoms with Crippen LogP contribution in [0.1, 0.15) is 0 Å². The number of hydrogen-bond acceptors (Lipinski definition) is 8. The molecule has 10 heteroatoms. The van der Waals surface area contributed by atoms with E-state index in [-0.39, 0.29) is 0 Å². The highest BCUT2D eigenvalue weighted by molar-refractivity contribution is 7.87. The summed E-state index contributed by atoms with van der Waals surface area (Å²) in [5.74, 6) is 0. The molecule has 0 bridgehead atoms. The fourth-order valence-electron chi connectivity index (χ4n) is 1.55. The van der Waals surface area contributed by atoms with Gasteiger partial charge in [-0.05, 0) is 0 Å². The Morgan fingerprint density at radius 2 is 1.12 bits per heavy atom. The summed E-state index contributed by atoms with van der Waals surface area (Å²) in [6, 6.07) is 0. The van der Waals surface area contributed by atoms with E-state index in [1.807, 2.05) is 0 Å². The van der Waals surface area contributed by atoms with Crippen LogP contribution >= 0.6 is 0 Å². The molecule has 0 aromatic rings. The molecule has 9 nitrogen and oxygen atoms in total. The highest BCUT2D eigenvalue weighted by atomic mass is 32.2. The van der Waals surface area contributed by atoms with Crippen molar-refractivity contribution in [1.82, 2.24) is 0 Å². The van der Waals surface area contributed by atoms with Crippen LogP contribution in [0.5, 0.6) is 0 Å². The van der Waals surface area contributed by atoms with Gasteiger partial charge in [-0.2, -0.15) is 8.42 Å². The fraction of sp³-hybridized carbons (Fsp3) is 1.00. The average molecular weight is 260 g/mol. The third-order valence-electron chi connectivity index (χ3n) is 2.61. The van der Waals surface area contributed by atoms with Gasteiger partial charge in [0.2, 0.25) is 4.93 Å². The molecule has 1 aliphatic carbocycles. The van der Waals surface area contributed by atoms with Crippen LogP contribution < -0.4 is 0 Å². The largest absolute Gasteiger partial charge is 0.387 e. The number of aliphatic hydroxyl groups excluding tert-OH is 5. The van der Waals surface area contributed by atoms with Gasteiger partial charge in [0.05, 0.1) is 0 Å². The van der Waals surface area contributed by atoms with Crippen molar-refractivity contribution in [2.45, 2.75) is 35.5 Å². The van der Waals surface area contributed by atoms with Crippen molar-refractivity contribution in [3.63, 3.8) is 0 Å². The maximum Gasteiger partial charge on any atom is 0.300 e. The number of aliphatic hydroxyl groups is 6. The highest BCUT2D eigenvalue weighted by Gasteiger charge is 2.64. The second-order valence-corrected chi connectivity index (χ2v) is 5.19. The Bertz CT molecular complexity index is 348. The Morgan fingerprint density at radius 1 is 0.812 bits per heavy atom. The van der Waals surface area contributed by atoms with Gasteiger partial charge < -0.3 is 30.6 Å². The Morgan fingerprint density at radius 3 is 1.38 bits per heavy atom. The normalized spacial score (nSPS) is 50.3. The summed E-state index contributed by atoms with van der Waals surface area (Å²) >= 11 is 0. The van der Waals surface area contributed by atoms with Gasteiger partial charge in [0, 0.05) is 0 Å². The number of rotatable bonds is 1. The van der Waals surface area contributed by atoms with Gasteiger partial charge in [-0.1, -0.05) is 0 Å². The van der Waals surface area contributed by atoms with E-state index >= 15 is 0 Å². The van der Waals surface area contributed by atoms with Crippen LogP contribution in [0.3, 0.4) is 0 Å². The Hall–Kier alpha value is -0.330. The predicted octanol–water partition coefficient (Wildman–Crippen LogP) is -4.62. The molecule has 0 aliphatic heterocycles. The van der Waals surface area contributed by atoms with E-state index < -0.39 is 45.6 Å². The van der Waals surface area contributed by atoms with Crippen LogP contribution in [0.2, 0.25) is 0 Å². The SMILES string of the molecule is O=S(=O)(O)[C@@]1(O)[C@H](O)[C@H](O)[C@@H](O)[C@H](O)[C@H]1O. The van der Waals surface area contributed by atoms with Gasteiger partial charge >= 0.3 is 10.1 Å². The van der Waals surface area contributed by atoms with E-state index in [0.717, 1.165) is 0 Å². The van der Waals surface area contributed by atoms with Crippen molar-refractivity contribution in [3.8, 4) is 0 Å². The molecule has 0 saturated heterocycles. The van der Waals surface area contributed by atoms with Crippen molar-refractivity contribution < 1.29 is 43.6 Å². The lowest BCUT2D eigenvalue weighted by Crippen LogP contribution is -2.73. The molecule has 1 rings (SSSR count). The monoisotopic (exact) mass is 260 g/mol. The van der Waals surface area contributed by atoms with Crippen molar-refractivity contribution >= 4 is 10.1 Å². The molecule has 0 amide bonds. The molecular formula is C6H12O9S. The van der Waals surface area contributed by atoms with Crippen LogP contribution in [-0.2, 0) is 10.1 Å². The maximum atomic E-state index is 10.8. The molecule has 0 spiro atoms. The van der Waals surface area contributed by atoms with Crippen LogP contribution in [0.4, 0.5) is 0 Å². The summed E-state index contributed by atoms with van der Waals surface area (Å²) < 4.78 is 30.3. The minimum absolute atomic E-state index is 2.06. The van der Waals surface area contributed by atoms with Crippen molar-refractivity contribution in [1.29, 1.82) is 0 Å². The van der Waals surface area contributed by atoms with Gasteiger partial charge in [-0.3, -0.25) is 4.55 Å². The van der Waals surface area contributed by atoms with Gasteiger partial charge in [-0.15, -0.1) is 0 Å². The minimum Gasteiger partial charge on any atom is -0.387 e. The van der Waals surface area contributed by atoms with Gasteiger partial charge in [0.25, 0.3) is 0 Å². The summed E-state index contributed by atoms with van der Waals surface area (Å²) in [7, 11) is -5.39. The molecule has 0 radical (unpaired) electrons. The van der Waals surface area contributed by atoms with E-state index in [9.17, 15) is 23.7 Å². The van der Waals surface area contributed by atoms with E-state index in [0.29, 0.717) is 0 Å². The first-order valence-corrected chi connectivity index (χ1v) is 5.59. The Kier molecular flexibility index (Phi) is 3.31. The van der Waals surface area contributed by atoms with E-state index in [1.54, 1.807) is 0 Å². The first kappa shape index (κ1) is 13.7. The van der Waals surface area contributed by atoms with Crippen molar-refractivity contribution in [2.24, 2.45) is 0 Å². The van der Waals surface area contributed by atoms with E-state index in [2.05, 4.69) is 0 Å². The molecule has 1 fully saturated rings. The van der Waals surface area contributed by atoms with E-state index in [4.69, 9.17) is 19.9 Å². The second kappa shape index (κ2) is 3.85. The molecule has 0 unspecified atom stereocenters. The van der Waals surface area contributed by atoms with E-state index in [1.165, 1.54) is 0 Å². The minimum atomic E-state index is -5.39. The molecule has 1 aliphatic rings. The fourth-order valence-corrected chi connectivity index (χ4v) is 2.43. The first-order valence-electron chi connectivity index (χ1n) is 4.15. The van der Waals surface area contributed by atoms with Crippen LogP contribution in [-0.4, -0.2) is 79.1 Å². The zero-order valence-electron chi connectivity index (χ0n) is 7.74. The number of hydrogen-bond donors (Lipinski definition) is 7. The maximum absolute atomic E-state index is 10.8. The molecular weight excluding hydrogens is 248 g/mol. The first-order chi connectivity index (χ1) is 7.05.